The van der Waals surface area contributed by atoms with Crippen molar-refractivity contribution < 1.29 is 9.59 Å². The minimum absolute atomic E-state index is 0.194. The van der Waals surface area contributed by atoms with Crippen molar-refractivity contribution in [3.63, 3.8) is 0 Å². The lowest BCUT2D eigenvalue weighted by Gasteiger charge is -2.05. The first kappa shape index (κ1) is 17.4. The summed E-state index contributed by atoms with van der Waals surface area (Å²) in [7, 11) is 1.57. The van der Waals surface area contributed by atoms with Crippen molar-refractivity contribution in [2.24, 2.45) is 0 Å². The molecule has 2 heterocycles. The van der Waals surface area contributed by atoms with Crippen LogP contribution in [0.5, 0.6) is 0 Å². The van der Waals surface area contributed by atoms with Crippen LogP contribution < -0.4 is 10.6 Å². The molecule has 0 saturated carbocycles. The van der Waals surface area contributed by atoms with Crippen LogP contribution >= 0.6 is 22.7 Å². The maximum atomic E-state index is 12.6. The minimum Gasteiger partial charge on any atom is -0.355 e. The number of amides is 2. The summed E-state index contributed by atoms with van der Waals surface area (Å²) in [5.41, 5.74) is 2.04. The summed E-state index contributed by atoms with van der Waals surface area (Å²) in [6.07, 6.45) is 0. The summed E-state index contributed by atoms with van der Waals surface area (Å²) in [5.74, 6) is -0.401. The molecule has 0 saturated heterocycles. The molecule has 0 radical (unpaired) electrons. The Morgan fingerprint density at radius 1 is 0.926 bits per heavy atom. The van der Waals surface area contributed by atoms with Gasteiger partial charge in [0, 0.05) is 18.3 Å². The Labute approximate surface area is 163 Å². The molecule has 0 unspecified atom stereocenters. The summed E-state index contributed by atoms with van der Waals surface area (Å²) in [6.45, 7) is 0. The lowest BCUT2D eigenvalue weighted by Crippen LogP contribution is -2.18. The number of nitrogens with zero attached hydrogens (tertiary/aromatic N) is 1. The SMILES string of the molecule is CNC(=O)c1cccc(NC(=O)c2ccc(-c3nc4ccccc4s3)s2)c1. The van der Waals surface area contributed by atoms with Gasteiger partial charge in [0.1, 0.15) is 5.01 Å². The zero-order valence-corrected chi connectivity index (χ0v) is 16.0. The monoisotopic (exact) mass is 393 g/mol. The molecule has 0 aliphatic carbocycles. The molecule has 0 atom stereocenters. The van der Waals surface area contributed by atoms with Gasteiger partial charge in [0.2, 0.25) is 0 Å². The van der Waals surface area contributed by atoms with Crippen molar-refractivity contribution in [2.45, 2.75) is 0 Å². The van der Waals surface area contributed by atoms with Gasteiger partial charge in [-0.15, -0.1) is 22.7 Å². The largest absolute Gasteiger partial charge is 0.355 e. The summed E-state index contributed by atoms with van der Waals surface area (Å²) >= 11 is 3.01. The molecule has 5 nitrogen and oxygen atoms in total. The van der Waals surface area contributed by atoms with Crippen molar-refractivity contribution in [3.05, 3.63) is 71.1 Å². The molecule has 0 spiro atoms. The molecule has 4 aromatic rings. The van der Waals surface area contributed by atoms with E-state index in [0.717, 1.165) is 20.1 Å². The Hall–Kier alpha value is -3.03. The first-order valence-corrected chi connectivity index (χ1v) is 9.86. The molecule has 2 amide bonds. The van der Waals surface area contributed by atoms with Crippen molar-refractivity contribution in [1.82, 2.24) is 10.3 Å². The molecule has 27 heavy (non-hydrogen) atoms. The van der Waals surface area contributed by atoms with Crippen molar-refractivity contribution in [2.75, 3.05) is 12.4 Å². The number of nitrogens with one attached hydrogen (secondary N) is 2. The van der Waals surface area contributed by atoms with Gasteiger partial charge >= 0.3 is 0 Å². The van der Waals surface area contributed by atoms with Crippen LogP contribution in [0.4, 0.5) is 5.69 Å². The smallest absolute Gasteiger partial charge is 0.265 e. The number of fused-ring (bicyclic) bond motifs is 1. The van der Waals surface area contributed by atoms with E-state index in [2.05, 4.69) is 15.6 Å². The van der Waals surface area contributed by atoms with E-state index < -0.39 is 0 Å². The maximum Gasteiger partial charge on any atom is 0.265 e. The van der Waals surface area contributed by atoms with Gasteiger partial charge in [-0.2, -0.15) is 0 Å². The Morgan fingerprint density at radius 2 is 1.78 bits per heavy atom. The first-order chi connectivity index (χ1) is 13.1. The van der Waals surface area contributed by atoms with E-state index in [1.807, 2.05) is 30.3 Å². The van der Waals surface area contributed by atoms with E-state index in [9.17, 15) is 9.59 Å². The van der Waals surface area contributed by atoms with Crippen LogP contribution in [0.2, 0.25) is 0 Å². The van der Waals surface area contributed by atoms with Gasteiger partial charge in [-0.25, -0.2) is 4.98 Å². The second-order valence-electron chi connectivity index (χ2n) is 5.76. The van der Waals surface area contributed by atoms with E-state index in [0.29, 0.717) is 16.1 Å². The van der Waals surface area contributed by atoms with E-state index in [-0.39, 0.29) is 11.8 Å². The van der Waals surface area contributed by atoms with Crippen LogP contribution in [0, 0.1) is 0 Å². The molecular weight excluding hydrogens is 378 g/mol. The number of para-hydroxylation sites is 1. The molecule has 7 heteroatoms. The number of hydrogen-bond donors (Lipinski definition) is 2. The van der Waals surface area contributed by atoms with E-state index in [4.69, 9.17) is 0 Å². The van der Waals surface area contributed by atoms with Crippen molar-refractivity contribution >= 4 is 50.4 Å². The van der Waals surface area contributed by atoms with Crippen LogP contribution in [0.25, 0.3) is 20.1 Å². The third-order valence-corrected chi connectivity index (χ3v) is 6.23. The van der Waals surface area contributed by atoms with Crippen LogP contribution in [0.15, 0.2) is 60.7 Å². The van der Waals surface area contributed by atoms with Crippen molar-refractivity contribution in [3.8, 4) is 9.88 Å². The Kier molecular flexibility index (Phi) is 4.70. The number of anilines is 1. The highest BCUT2D eigenvalue weighted by molar-refractivity contribution is 7.26. The molecule has 4 rings (SSSR count). The van der Waals surface area contributed by atoms with Crippen molar-refractivity contribution in [1.29, 1.82) is 0 Å². The normalized spacial score (nSPS) is 10.7. The Morgan fingerprint density at radius 3 is 2.59 bits per heavy atom. The third-order valence-electron chi connectivity index (χ3n) is 3.94. The summed E-state index contributed by atoms with van der Waals surface area (Å²) in [5, 5.41) is 6.32. The minimum atomic E-state index is -0.207. The highest BCUT2D eigenvalue weighted by atomic mass is 32.1. The average molecular weight is 393 g/mol. The molecule has 0 aliphatic rings. The van der Waals surface area contributed by atoms with Gasteiger partial charge in [0.15, 0.2) is 0 Å². The number of aromatic nitrogens is 1. The molecular formula is C20H15N3O2S2. The van der Waals surface area contributed by atoms with Gasteiger partial charge < -0.3 is 10.6 Å². The lowest BCUT2D eigenvalue weighted by molar-refractivity contribution is 0.0961. The van der Waals surface area contributed by atoms with Gasteiger partial charge in [-0.1, -0.05) is 18.2 Å². The maximum absolute atomic E-state index is 12.6. The second-order valence-corrected chi connectivity index (χ2v) is 7.88. The van der Waals surface area contributed by atoms with Crippen LogP contribution in [-0.4, -0.2) is 23.8 Å². The molecule has 2 aromatic carbocycles. The van der Waals surface area contributed by atoms with Gasteiger partial charge in [-0.05, 0) is 42.5 Å². The average Bonchev–Trinajstić information content (AvgIpc) is 3.34. The number of carbonyl (C=O) groups is 2. The molecule has 0 fully saturated rings. The van der Waals surface area contributed by atoms with Crippen LogP contribution in [0.1, 0.15) is 20.0 Å². The number of benzene rings is 2. The first-order valence-electron chi connectivity index (χ1n) is 8.23. The zero-order chi connectivity index (χ0) is 18.8. The molecule has 0 aliphatic heterocycles. The Balaban J connectivity index is 1.54. The lowest BCUT2D eigenvalue weighted by atomic mass is 10.2. The molecule has 134 valence electrons. The van der Waals surface area contributed by atoms with Gasteiger partial charge in [0.05, 0.1) is 20.0 Å². The summed E-state index contributed by atoms with van der Waals surface area (Å²) < 4.78 is 1.12. The predicted molar refractivity (Wildman–Crippen MR) is 111 cm³/mol. The van der Waals surface area contributed by atoms with Gasteiger partial charge in [0.25, 0.3) is 11.8 Å². The second kappa shape index (κ2) is 7.30. The third kappa shape index (κ3) is 3.60. The van der Waals surface area contributed by atoms with Crippen LogP contribution in [0.3, 0.4) is 0 Å². The van der Waals surface area contributed by atoms with E-state index in [1.54, 1.807) is 48.7 Å². The quantitative estimate of drug-likeness (QED) is 0.531. The topological polar surface area (TPSA) is 71.1 Å². The fraction of sp³-hybridized carbons (Fsp3) is 0.0500. The number of thiophene rings is 1. The summed E-state index contributed by atoms with van der Waals surface area (Å²) in [4.78, 5) is 30.5. The number of carbonyl (C=O) groups excluding carboxylic acids is 2. The summed E-state index contributed by atoms with van der Waals surface area (Å²) in [6, 6.07) is 18.5. The zero-order valence-electron chi connectivity index (χ0n) is 14.4. The predicted octanol–water partition coefficient (Wildman–Crippen LogP) is 4.64. The van der Waals surface area contributed by atoms with Gasteiger partial charge in [-0.3, -0.25) is 9.59 Å². The fourth-order valence-electron chi connectivity index (χ4n) is 2.63. The number of rotatable bonds is 4. The van der Waals surface area contributed by atoms with Crippen LogP contribution in [-0.2, 0) is 0 Å². The molecule has 2 N–H and O–H groups in total. The standard InChI is InChI=1S/C20H15N3O2S2/c1-21-18(24)12-5-4-6-13(11-12)22-19(25)16-9-10-17(26-16)20-23-14-7-2-3-8-15(14)27-20/h2-11H,1H3,(H,21,24)(H,22,25). The highest BCUT2D eigenvalue weighted by Crippen LogP contribution is 2.34. The number of thiazole rings is 1. The van der Waals surface area contributed by atoms with E-state index in [1.165, 1.54) is 11.3 Å². The van der Waals surface area contributed by atoms with E-state index >= 15 is 0 Å². The number of hydrogen-bond acceptors (Lipinski definition) is 5. The highest BCUT2D eigenvalue weighted by Gasteiger charge is 2.14. The Bertz CT molecular complexity index is 1110. The fourth-order valence-corrected chi connectivity index (χ4v) is 4.55. The molecule has 2 aromatic heterocycles. The molecule has 0 bridgehead atoms.